The Kier molecular flexibility index (Phi) is 4.96. The summed E-state index contributed by atoms with van der Waals surface area (Å²) in [5, 5.41) is 10.0. The molecule has 1 aromatic rings. The molecule has 2 atom stereocenters. The van der Waals surface area contributed by atoms with Crippen molar-refractivity contribution < 1.29 is 9.84 Å². The van der Waals surface area contributed by atoms with E-state index < -0.39 is 6.10 Å². The average molecular weight is 226 g/mol. The van der Waals surface area contributed by atoms with Crippen LogP contribution in [0, 0.1) is 5.92 Å². The molecule has 0 saturated heterocycles. The molecule has 92 valence electrons. The highest BCUT2D eigenvalue weighted by atomic mass is 16.5. The van der Waals surface area contributed by atoms with E-state index in [0.29, 0.717) is 12.3 Å². The molecule has 0 bridgehead atoms. The Labute approximate surface area is 97.3 Å². The number of methoxy groups -OCH3 is 1. The molecular weight excluding hydrogens is 204 g/mol. The number of nitrogens with zero attached hydrogens (tertiary/aromatic N) is 2. The number of aliphatic hydroxyl groups excluding tert-OH is 1. The third-order valence-electron chi connectivity index (χ3n) is 2.89. The molecule has 0 aliphatic carbocycles. The zero-order valence-electron chi connectivity index (χ0n) is 10.6. The second kappa shape index (κ2) is 6.01. The Morgan fingerprint density at radius 2 is 2.19 bits per heavy atom. The van der Waals surface area contributed by atoms with E-state index in [1.165, 1.54) is 0 Å². The second-order valence-electron chi connectivity index (χ2n) is 4.50. The molecule has 1 N–H and O–H groups in total. The van der Waals surface area contributed by atoms with Gasteiger partial charge in [0.1, 0.15) is 5.82 Å². The quantitative estimate of drug-likeness (QED) is 0.797. The van der Waals surface area contributed by atoms with E-state index in [2.05, 4.69) is 18.8 Å². The van der Waals surface area contributed by atoms with Crippen LogP contribution < -0.4 is 0 Å². The van der Waals surface area contributed by atoms with E-state index in [0.717, 1.165) is 12.2 Å². The maximum atomic E-state index is 10.0. The van der Waals surface area contributed by atoms with Gasteiger partial charge in [0.05, 0.1) is 12.2 Å². The lowest BCUT2D eigenvalue weighted by atomic mass is 9.98. The number of aliphatic hydroxyl groups is 1. The summed E-state index contributed by atoms with van der Waals surface area (Å²) in [6, 6.07) is 0. The molecule has 4 heteroatoms. The lowest BCUT2D eigenvalue weighted by Crippen LogP contribution is -2.33. The molecule has 0 aromatic carbocycles. The number of imidazole rings is 1. The minimum atomic E-state index is -0.429. The maximum Gasteiger partial charge on any atom is 0.108 e. The minimum Gasteiger partial charge on any atom is -0.390 e. The first-order valence-electron chi connectivity index (χ1n) is 5.73. The first-order chi connectivity index (χ1) is 7.56. The van der Waals surface area contributed by atoms with Crippen LogP contribution in [0.1, 0.15) is 26.1 Å². The summed E-state index contributed by atoms with van der Waals surface area (Å²) in [5.74, 6) is 1.32. The highest BCUT2D eigenvalue weighted by Gasteiger charge is 2.22. The van der Waals surface area contributed by atoms with E-state index in [-0.39, 0.29) is 6.10 Å². The van der Waals surface area contributed by atoms with Crippen LogP contribution in [0.4, 0.5) is 0 Å². The van der Waals surface area contributed by atoms with Crippen molar-refractivity contribution in [2.45, 2.75) is 38.9 Å². The van der Waals surface area contributed by atoms with Gasteiger partial charge >= 0.3 is 0 Å². The van der Waals surface area contributed by atoms with Crippen molar-refractivity contribution in [3.05, 3.63) is 18.2 Å². The molecule has 0 fully saturated rings. The van der Waals surface area contributed by atoms with E-state index in [1.54, 1.807) is 13.3 Å². The Morgan fingerprint density at radius 3 is 2.62 bits per heavy atom. The number of ether oxygens (including phenoxy) is 1. The number of rotatable bonds is 6. The molecule has 1 heterocycles. The Morgan fingerprint density at radius 1 is 1.50 bits per heavy atom. The molecular formula is C12H22N2O2. The number of hydrogen-bond donors (Lipinski definition) is 1. The predicted octanol–water partition coefficient (Wildman–Crippen LogP) is 1.38. The summed E-state index contributed by atoms with van der Waals surface area (Å²) < 4.78 is 7.27. The summed E-state index contributed by atoms with van der Waals surface area (Å²) in [6.07, 6.45) is 4.62. The molecule has 1 rings (SSSR count). The molecule has 0 amide bonds. The number of aromatic nitrogens is 2. The summed E-state index contributed by atoms with van der Waals surface area (Å²) in [6.45, 7) is 4.11. The topological polar surface area (TPSA) is 47.3 Å². The molecule has 0 saturated carbocycles. The lowest BCUT2D eigenvalue weighted by molar-refractivity contribution is -0.0406. The third kappa shape index (κ3) is 3.32. The van der Waals surface area contributed by atoms with E-state index in [4.69, 9.17) is 4.74 Å². The van der Waals surface area contributed by atoms with E-state index in [9.17, 15) is 5.11 Å². The van der Waals surface area contributed by atoms with Crippen LogP contribution in [0.5, 0.6) is 0 Å². The standard InChI is InChI=1S/C12H22N2O2/c1-9(2)12(16-4)10(15)5-6-11-13-7-8-14(11)3/h7-10,12,15H,5-6H2,1-4H3. The first kappa shape index (κ1) is 13.2. The lowest BCUT2D eigenvalue weighted by Gasteiger charge is -2.24. The van der Waals surface area contributed by atoms with Crippen molar-refractivity contribution in [2.24, 2.45) is 13.0 Å². The molecule has 0 aliphatic heterocycles. The molecule has 0 radical (unpaired) electrons. The predicted molar refractivity (Wildman–Crippen MR) is 63.2 cm³/mol. The van der Waals surface area contributed by atoms with Gasteiger partial charge in [-0.05, 0) is 12.3 Å². The van der Waals surface area contributed by atoms with Gasteiger partial charge in [-0.25, -0.2) is 4.98 Å². The van der Waals surface area contributed by atoms with E-state index >= 15 is 0 Å². The average Bonchev–Trinajstić information content (AvgIpc) is 2.61. The van der Waals surface area contributed by atoms with Crippen LogP contribution >= 0.6 is 0 Å². The molecule has 2 unspecified atom stereocenters. The fourth-order valence-electron chi connectivity index (χ4n) is 1.95. The molecule has 1 aromatic heterocycles. The maximum absolute atomic E-state index is 10.0. The van der Waals surface area contributed by atoms with Gasteiger partial charge in [0.25, 0.3) is 0 Å². The highest BCUT2D eigenvalue weighted by molar-refractivity contribution is 4.92. The molecule has 4 nitrogen and oxygen atoms in total. The van der Waals surface area contributed by atoms with Gasteiger partial charge < -0.3 is 14.4 Å². The van der Waals surface area contributed by atoms with Gasteiger partial charge in [-0.3, -0.25) is 0 Å². The Hall–Kier alpha value is -0.870. The van der Waals surface area contributed by atoms with Gasteiger partial charge in [0, 0.05) is 33.0 Å². The first-order valence-corrected chi connectivity index (χ1v) is 5.73. The highest BCUT2D eigenvalue weighted by Crippen LogP contribution is 2.14. The minimum absolute atomic E-state index is 0.0970. The molecule has 0 aliphatic rings. The monoisotopic (exact) mass is 226 g/mol. The van der Waals surface area contributed by atoms with Gasteiger partial charge in [-0.2, -0.15) is 0 Å². The summed E-state index contributed by atoms with van der Waals surface area (Å²) >= 11 is 0. The van der Waals surface area contributed by atoms with Gasteiger partial charge in [0.2, 0.25) is 0 Å². The number of aryl methyl sites for hydroxylation is 2. The zero-order valence-corrected chi connectivity index (χ0v) is 10.6. The SMILES string of the molecule is COC(C(C)C)C(O)CCc1nccn1C. The van der Waals surface area contributed by atoms with Crippen molar-refractivity contribution in [3.63, 3.8) is 0 Å². The van der Waals surface area contributed by atoms with Gasteiger partial charge in [0.15, 0.2) is 0 Å². The van der Waals surface area contributed by atoms with Crippen molar-refractivity contribution in [3.8, 4) is 0 Å². The fourth-order valence-corrected chi connectivity index (χ4v) is 1.95. The van der Waals surface area contributed by atoms with Crippen molar-refractivity contribution in [2.75, 3.05) is 7.11 Å². The van der Waals surface area contributed by atoms with Gasteiger partial charge in [-0.1, -0.05) is 13.8 Å². The normalized spacial score (nSPS) is 15.4. The van der Waals surface area contributed by atoms with Crippen LogP contribution in [0.3, 0.4) is 0 Å². The zero-order chi connectivity index (χ0) is 12.1. The third-order valence-corrected chi connectivity index (χ3v) is 2.89. The second-order valence-corrected chi connectivity index (χ2v) is 4.50. The molecule has 16 heavy (non-hydrogen) atoms. The van der Waals surface area contributed by atoms with Gasteiger partial charge in [-0.15, -0.1) is 0 Å². The Bertz CT molecular complexity index is 310. The Balaban J connectivity index is 2.46. The van der Waals surface area contributed by atoms with Crippen molar-refractivity contribution in [1.82, 2.24) is 9.55 Å². The number of hydrogen-bond acceptors (Lipinski definition) is 3. The largest absolute Gasteiger partial charge is 0.390 e. The molecule has 0 spiro atoms. The van der Waals surface area contributed by atoms with Crippen molar-refractivity contribution in [1.29, 1.82) is 0 Å². The van der Waals surface area contributed by atoms with Crippen LogP contribution in [0.25, 0.3) is 0 Å². The van der Waals surface area contributed by atoms with Crippen LogP contribution in [0.15, 0.2) is 12.4 Å². The van der Waals surface area contributed by atoms with Crippen LogP contribution in [0.2, 0.25) is 0 Å². The summed E-state index contributed by atoms with van der Waals surface area (Å²) in [4.78, 5) is 4.23. The smallest absolute Gasteiger partial charge is 0.108 e. The van der Waals surface area contributed by atoms with E-state index in [1.807, 2.05) is 17.8 Å². The van der Waals surface area contributed by atoms with Crippen LogP contribution in [-0.2, 0) is 18.2 Å². The van der Waals surface area contributed by atoms with Crippen molar-refractivity contribution >= 4 is 0 Å². The summed E-state index contributed by atoms with van der Waals surface area (Å²) in [5.41, 5.74) is 0. The van der Waals surface area contributed by atoms with Crippen LogP contribution in [-0.4, -0.2) is 34.0 Å². The fraction of sp³-hybridized carbons (Fsp3) is 0.750. The summed E-state index contributed by atoms with van der Waals surface area (Å²) in [7, 11) is 3.61.